The van der Waals surface area contributed by atoms with Gasteiger partial charge in [0.05, 0.1) is 6.54 Å². The Bertz CT molecular complexity index is 785. The van der Waals surface area contributed by atoms with Crippen molar-refractivity contribution in [3.8, 4) is 0 Å². The summed E-state index contributed by atoms with van der Waals surface area (Å²) in [5.74, 6) is -0.508. The fourth-order valence-electron chi connectivity index (χ4n) is 3.31. The summed E-state index contributed by atoms with van der Waals surface area (Å²) in [7, 11) is -1.51. The van der Waals surface area contributed by atoms with Crippen molar-refractivity contribution >= 4 is 22.0 Å². The first-order chi connectivity index (χ1) is 13.4. The van der Waals surface area contributed by atoms with E-state index in [4.69, 9.17) is 0 Å². The summed E-state index contributed by atoms with van der Waals surface area (Å²) in [6.45, 7) is 3.52. The first-order valence-corrected chi connectivity index (χ1v) is 10.8. The van der Waals surface area contributed by atoms with Gasteiger partial charge in [-0.2, -0.15) is 17.0 Å². The van der Waals surface area contributed by atoms with Crippen LogP contribution in [-0.2, 0) is 15.0 Å². The van der Waals surface area contributed by atoms with E-state index in [0.717, 1.165) is 13.1 Å². The molecule has 28 heavy (non-hydrogen) atoms. The molecule has 0 aromatic heterocycles. The number of carbonyl (C=O) groups is 2. The van der Waals surface area contributed by atoms with E-state index in [-0.39, 0.29) is 31.4 Å². The lowest BCUT2D eigenvalue weighted by atomic mass is 10.2. The van der Waals surface area contributed by atoms with Crippen LogP contribution in [0.3, 0.4) is 0 Å². The molecule has 0 spiro atoms. The highest BCUT2D eigenvalue weighted by Crippen LogP contribution is 2.14. The molecule has 0 radical (unpaired) electrons. The average molecular weight is 410 g/mol. The molecule has 10 heteroatoms. The highest BCUT2D eigenvalue weighted by Gasteiger charge is 2.34. The van der Waals surface area contributed by atoms with Crippen LogP contribution in [0.15, 0.2) is 30.3 Å². The predicted octanol–water partition coefficient (Wildman–Crippen LogP) is -0.947. The van der Waals surface area contributed by atoms with E-state index in [1.54, 1.807) is 29.2 Å². The van der Waals surface area contributed by atoms with Gasteiger partial charge in [-0.25, -0.2) is 0 Å². The van der Waals surface area contributed by atoms with Gasteiger partial charge in [-0.1, -0.05) is 18.2 Å². The fraction of sp³-hybridized carbons (Fsp3) is 0.556. The van der Waals surface area contributed by atoms with E-state index in [0.29, 0.717) is 31.7 Å². The monoisotopic (exact) mass is 409 g/mol. The molecule has 9 nitrogen and oxygen atoms in total. The molecule has 2 aliphatic heterocycles. The van der Waals surface area contributed by atoms with Crippen molar-refractivity contribution in [1.29, 1.82) is 0 Å². The van der Waals surface area contributed by atoms with Crippen molar-refractivity contribution < 1.29 is 18.0 Å². The maximum absolute atomic E-state index is 12.8. The zero-order chi connectivity index (χ0) is 20.1. The first kappa shape index (κ1) is 20.7. The molecule has 0 saturated carbocycles. The molecule has 2 heterocycles. The Morgan fingerprint density at radius 1 is 0.893 bits per heavy atom. The largest absolute Gasteiger partial charge is 0.343 e. The minimum absolute atomic E-state index is 0.0983. The number of amides is 2. The number of nitrogens with zero attached hydrogens (tertiary/aromatic N) is 4. The van der Waals surface area contributed by atoms with Gasteiger partial charge >= 0.3 is 0 Å². The summed E-state index contributed by atoms with van der Waals surface area (Å²) in [6, 6.07) is 8.70. The maximum atomic E-state index is 12.8. The van der Waals surface area contributed by atoms with Crippen LogP contribution in [0.25, 0.3) is 0 Å². The Balaban J connectivity index is 1.46. The Labute approximate surface area is 166 Å². The molecule has 154 valence electrons. The van der Waals surface area contributed by atoms with Crippen LogP contribution in [-0.4, -0.2) is 105 Å². The molecule has 1 aromatic carbocycles. The number of nitrogens with one attached hydrogen (secondary N) is 1. The van der Waals surface area contributed by atoms with Crippen molar-refractivity contribution in [3.63, 3.8) is 0 Å². The summed E-state index contributed by atoms with van der Waals surface area (Å²) in [4.78, 5) is 28.1. The number of hydrogen-bond acceptors (Lipinski definition) is 5. The topological polar surface area (TPSA) is 93.3 Å². The van der Waals surface area contributed by atoms with Gasteiger partial charge < -0.3 is 15.1 Å². The normalized spacial score (nSPS) is 20.1. The van der Waals surface area contributed by atoms with Crippen LogP contribution in [0.1, 0.15) is 10.4 Å². The second-order valence-corrected chi connectivity index (χ2v) is 8.97. The van der Waals surface area contributed by atoms with Gasteiger partial charge in [-0.05, 0) is 19.2 Å². The second-order valence-electron chi connectivity index (χ2n) is 7.04. The third-order valence-corrected chi connectivity index (χ3v) is 7.18. The number of hydrogen-bond donors (Lipinski definition) is 1. The predicted molar refractivity (Wildman–Crippen MR) is 105 cm³/mol. The molecule has 0 unspecified atom stereocenters. The summed E-state index contributed by atoms with van der Waals surface area (Å²) < 4.78 is 28.5. The van der Waals surface area contributed by atoms with Crippen LogP contribution in [0.2, 0.25) is 0 Å². The smallest absolute Gasteiger partial charge is 0.282 e. The minimum atomic E-state index is -3.49. The van der Waals surface area contributed by atoms with E-state index in [1.807, 2.05) is 13.1 Å². The molecule has 1 N–H and O–H groups in total. The lowest BCUT2D eigenvalue weighted by Gasteiger charge is -2.39. The Morgan fingerprint density at radius 2 is 1.43 bits per heavy atom. The van der Waals surface area contributed by atoms with Crippen LogP contribution in [0.4, 0.5) is 0 Å². The quantitative estimate of drug-likeness (QED) is 0.677. The van der Waals surface area contributed by atoms with Crippen LogP contribution in [0, 0.1) is 0 Å². The third kappa shape index (κ3) is 4.88. The maximum Gasteiger partial charge on any atom is 0.282 e. The molecular weight excluding hydrogens is 382 g/mol. The zero-order valence-corrected chi connectivity index (χ0v) is 16.9. The van der Waals surface area contributed by atoms with Crippen molar-refractivity contribution in [1.82, 2.24) is 23.7 Å². The lowest BCUT2D eigenvalue weighted by Crippen LogP contribution is -2.57. The highest BCUT2D eigenvalue weighted by atomic mass is 32.2. The van der Waals surface area contributed by atoms with Crippen molar-refractivity contribution in [2.45, 2.75) is 0 Å². The Morgan fingerprint density at radius 3 is 2.00 bits per heavy atom. The molecule has 0 aliphatic carbocycles. The molecule has 2 amide bonds. The summed E-state index contributed by atoms with van der Waals surface area (Å²) in [6.07, 6.45) is 0. The van der Waals surface area contributed by atoms with Crippen molar-refractivity contribution in [2.75, 3.05) is 66.0 Å². The van der Waals surface area contributed by atoms with E-state index < -0.39 is 10.2 Å². The standard InChI is InChI=1S/C18H27N5O4S/c1-20-7-11-22(12-8-20)28(26,27)23-13-9-21(10-14-23)17(24)15-19-18(25)16-5-3-2-4-6-16/h2-6H,7-15H2,1H3,(H,19,25). The van der Waals surface area contributed by atoms with Gasteiger partial charge in [0.2, 0.25) is 5.91 Å². The Kier molecular flexibility index (Phi) is 6.65. The number of carbonyl (C=O) groups excluding carboxylic acids is 2. The average Bonchev–Trinajstić information content (AvgIpc) is 2.73. The fourth-order valence-corrected chi connectivity index (χ4v) is 4.89. The number of rotatable bonds is 5. The van der Waals surface area contributed by atoms with Crippen LogP contribution >= 0.6 is 0 Å². The molecular formula is C18H27N5O4S. The number of piperazine rings is 2. The summed E-state index contributed by atoms with van der Waals surface area (Å²) in [5, 5.41) is 2.62. The zero-order valence-electron chi connectivity index (χ0n) is 16.1. The van der Waals surface area contributed by atoms with E-state index >= 15 is 0 Å². The molecule has 0 bridgehead atoms. The highest BCUT2D eigenvalue weighted by molar-refractivity contribution is 7.86. The summed E-state index contributed by atoms with van der Waals surface area (Å²) in [5.41, 5.74) is 0.499. The van der Waals surface area contributed by atoms with E-state index in [2.05, 4.69) is 10.2 Å². The summed E-state index contributed by atoms with van der Waals surface area (Å²) >= 11 is 0. The molecule has 2 saturated heterocycles. The second kappa shape index (κ2) is 8.99. The molecule has 2 aliphatic rings. The van der Waals surface area contributed by atoms with Gasteiger partial charge in [0.15, 0.2) is 0 Å². The molecule has 1 aromatic rings. The van der Waals surface area contributed by atoms with Crippen LogP contribution in [0.5, 0.6) is 0 Å². The third-order valence-electron chi connectivity index (χ3n) is 5.14. The molecule has 2 fully saturated rings. The van der Waals surface area contributed by atoms with Gasteiger partial charge in [0.1, 0.15) is 0 Å². The van der Waals surface area contributed by atoms with E-state index in [9.17, 15) is 18.0 Å². The molecule has 0 atom stereocenters. The molecule has 3 rings (SSSR count). The Hall–Kier alpha value is -2.01. The number of benzene rings is 1. The van der Waals surface area contributed by atoms with Gasteiger partial charge in [0, 0.05) is 57.9 Å². The van der Waals surface area contributed by atoms with Gasteiger partial charge in [-0.15, -0.1) is 0 Å². The van der Waals surface area contributed by atoms with Gasteiger partial charge in [0.25, 0.3) is 16.1 Å². The van der Waals surface area contributed by atoms with Crippen LogP contribution < -0.4 is 5.32 Å². The van der Waals surface area contributed by atoms with Crippen molar-refractivity contribution in [3.05, 3.63) is 35.9 Å². The van der Waals surface area contributed by atoms with E-state index in [1.165, 1.54) is 8.61 Å². The first-order valence-electron chi connectivity index (χ1n) is 9.43. The SMILES string of the molecule is CN1CCN(S(=O)(=O)N2CCN(C(=O)CNC(=O)c3ccccc3)CC2)CC1. The minimum Gasteiger partial charge on any atom is -0.343 e. The lowest BCUT2D eigenvalue weighted by molar-refractivity contribution is -0.131. The number of likely N-dealkylation sites (N-methyl/N-ethyl adjacent to an activating group) is 1. The van der Waals surface area contributed by atoms with Gasteiger partial charge in [-0.3, -0.25) is 9.59 Å². The van der Waals surface area contributed by atoms with Crippen molar-refractivity contribution in [2.24, 2.45) is 0 Å².